The van der Waals surface area contributed by atoms with Crippen molar-refractivity contribution in [2.45, 2.75) is 12.8 Å². The molecule has 0 saturated carbocycles. The first kappa shape index (κ1) is 15.8. The van der Waals surface area contributed by atoms with Gasteiger partial charge < -0.3 is 14.4 Å². The maximum absolute atomic E-state index is 6.05. The Morgan fingerprint density at radius 3 is 2.78 bits per heavy atom. The lowest BCUT2D eigenvalue weighted by Gasteiger charge is -2.32. The maximum Gasteiger partial charge on any atom is 0.233 e. The van der Waals surface area contributed by atoms with Gasteiger partial charge in [-0.2, -0.15) is 4.98 Å². The van der Waals surface area contributed by atoms with Gasteiger partial charge in [0.25, 0.3) is 0 Å². The minimum atomic E-state index is 0.508. The molecule has 0 aliphatic carbocycles. The fourth-order valence-electron chi connectivity index (χ4n) is 2.60. The fraction of sp³-hybridized carbons (Fsp3) is 0.438. The van der Waals surface area contributed by atoms with Crippen LogP contribution in [-0.2, 0) is 0 Å². The summed E-state index contributed by atoms with van der Waals surface area (Å²) in [5.41, 5.74) is 0. The van der Waals surface area contributed by atoms with Gasteiger partial charge in [-0.05, 0) is 18.8 Å². The number of ether oxygens (including phenoxy) is 2. The van der Waals surface area contributed by atoms with Crippen LogP contribution in [0.5, 0.6) is 11.6 Å². The molecule has 1 aliphatic heterocycles. The van der Waals surface area contributed by atoms with Gasteiger partial charge in [-0.3, -0.25) is 9.97 Å². The minimum absolute atomic E-state index is 0.508. The predicted molar refractivity (Wildman–Crippen MR) is 88.3 cm³/mol. The number of rotatable bonds is 5. The highest BCUT2D eigenvalue weighted by Crippen LogP contribution is 2.26. The maximum atomic E-state index is 6.05. The van der Waals surface area contributed by atoms with E-state index in [0.29, 0.717) is 29.2 Å². The van der Waals surface area contributed by atoms with Gasteiger partial charge in [-0.1, -0.05) is 11.6 Å². The fourth-order valence-corrected chi connectivity index (χ4v) is 2.78. The van der Waals surface area contributed by atoms with E-state index in [1.807, 2.05) is 0 Å². The Kier molecular flexibility index (Phi) is 5.12. The van der Waals surface area contributed by atoms with Gasteiger partial charge in [0.2, 0.25) is 5.88 Å². The largest absolute Gasteiger partial charge is 0.492 e. The molecule has 2 aromatic rings. The first-order valence-corrected chi connectivity index (χ1v) is 7.97. The van der Waals surface area contributed by atoms with E-state index in [9.17, 15) is 0 Å². The van der Waals surface area contributed by atoms with Gasteiger partial charge in [0.15, 0.2) is 5.82 Å². The molecule has 23 heavy (non-hydrogen) atoms. The molecule has 6 nitrogen and oxygen atoms in total. The van der Waals surface area contributed by atoms with E-state index in [0.717, 1.165) is 31.7 Å². The average molecular weight is 335 g/mol. The van der Waals surface area contributed by atoms with E-state index in [2.05, 4.69) is 19.9 Å². The van der Waals surface area contributed by atoms with Crippen LogP contribution in [0.15, 0.2) is 30.9 Å². The molecule has 1 fully saturated rings. The molecule has 0 spiro atoms. The summed E-state index contributed by atoms with van der Waals surface area (Å²) in [5.74, 6) is 2.61. The Labute approximate surface area is 140 Å². The van der Waals surface area contributed by atoms with E-state index >= 15 is 0 Å². The van der Waals surface area contributed by atoms with Gasteiger partial charge in [0, 0.05) is 31.5 Å². The molecule has 3 heterocycles. The molecule has 122 valence electrons. The van der Waals surface area contributed by atoms with Crippen LogP contribution in [0, 0.1) is 5.92 Å². The highest BCUT2D eigenvalue weighted by Gasteiger charge is 2.21. The highest BCUT2D eigenvalue weighted by atomic mass is 35.5. The van der Waals surface area contributed by atoms with E-state index in [-0.39, 0.29) is 0 Å². The Balaban J connectivity index is 1.51. The topological polar surface area (TPSA) is 60.4 Å². The van der Waals surface area contributed by atoms with Gasteiger partial charge >= 0.3 is 0 Å². The Hall–Kier alpha value is -2.08. The Morgan fingerprint density at radius 1 is 1.22 bits per heavy atom. The number of piperidine rings is 1. The van der Waals surface area contributed by atoms with Crippen LogP contribution in [0.4, 0.5) is 5.82 Å². The molecule has 0 N–H and O–H groups in total. The Bertz CT molecular complexity index is 647. The van der Waals surface area contributed by atoms with Crippen molar-refractivity contribution in [2.24, 2.45) is 5.92 Å². The molecule has 2 aromatic heterocycles. The van der Waals surface area contributed by atoms with Crippen LogP contribution < -0.4 is 14.4 Å². The quantitative estimate of drug-likeness (QED) is 0.838. The summed E-state index contributed by atoms with van der Waals surface area (Å²) in [6.45, 7) is 2.53. The standard InChI is InChI=1S/C16H19ClN4O2/c1-22-16-10-19-9-15(20-16)21-6-3-12(4-7-21)11-23-14-2-5-18-8-13(14)17/h2,5,8-10,12H,3-4,6-7,11H2,1H3. The molecule has 3 rings (SSSR count). The van der Waals surface area contributed by atoms with Crippen molar-refractivity contribution in [3.63, 3.8) is 0 Å². The molecule has 0 amide bonds. The smallest absolute Gasteiger partial charge is 0.233 e. The molecule has 1 aliphatic rings. The van der Waals surface area contributed by atoms with Crippen LogP contribution in [0.3, 0.4) is 0 Å². The summed E-state index contributed by atoms with van der Waals surface area (Å²) in [6, 6.07) is 1.79. The lowest BCUT2D eigenvalue weighted by atomic mass is 9.98. The first-order chi connectivity index (χ1) is 11.3. The number of halogens is 1. The molecular formula is C16H19ClN4O2. The first-order valence-electron chi connectivity index (χ1n) is 7.59. The lowest BCUT2D eigenvalue weighted by Crippen LogP contribution is -2.36. The van der Waals surface area contributed by atoms with Gasteiger partial charge in [-0.25, -0.2) is 0 Å². The summed E-state index contributed by atoms with van der Waals surface area (Å²) in [4.78, 5) is 14.8. The number of nitrogens with zero attached hydrogens (tertiary/aromatic N) is 4. The summed E-state index contributed by atoms with van der Waals surface area (Å²) in [5, 5.41) is 0.552. The van der Waals surface area contributed by atoms with Crippen molar-refractivity contribution in [1.29, 1.82) is 0 Å². The lowest BCUT2D eigenvalue weighted by molar-refractivity contribution is 0.222. The molecule has 0 bridgehead atoms. The van der Waals surface area contributed by atoms with E-state index in [4.69, 9.17) is 21.1 Å². The van der Waals surface area contributed by atoms with E-state index in [1.165, 1.54) is 0 Å². The second-order valence-corrected chi connectivity index (χ2v) is 5.87. The number of hydrogen-bond donors (Lipinski definition) is 0. The van der Waals surface area contributed by atoms with Crippen molar-refractivity contribution < 1.29 is 9.47 Å². The summed E-state index contributed by atoms with van der Waals surface area (Å²) < 4.78 is 10.9. The molecule has 0 atom stereocenters. The number of methoxy groups -OCH3 is 1. The van der Waals surface area contributed by atoms with E-state index < -0.39 is 0 Å². The van der Waals surface area contributed by atoms with Crippen molar-refractivity contribution in [2.75, 3.05) is 31.7 Å². The zero-order valence-electron chi connectivity index (χ0n) is 13.0. The highest BCUT2D eigenvalue weighted by molar-refractivity contribution is 6.31. The van der Waals surface area contributed by atoms with Gasteiger partial charge in [-0.15, -0.1) is 0 Å². The zero-order valence-corrected chi connectivity index (χ0v) is 13.7. The van der Waals surface area contributed by atoms with Gasteiger partial charge in [0.1, 0.15) is 10.8 Å². The Morgan fingerprint density at radius 2 is 2.04 bits per heavy atom. The third kappa shape index (κ3) is 4.01. The summed E-state index contributed by atoms with van der Waals surface area (Å²) >= 11 is 6.05. The second-order valence-electron chi connectivity index (χ2n) is 5.47. The van der Waals surface area contributed by atoms with Crippen LogP contribution in [0.1, 0.15) is 12.8 Å². The minimum Gasteiger partial charge on any atom is -0.492 e. The monoisotopic (exact) mass is 334 g/mol. The van der Waals surface area contributed by atoms with Crippen molar-refractivity contribution in [1.82, 2.24) is 15.0 Å². The van der Waals surface area contributed by atoms with Crippen LogP contribution in [0.25, 0.3) is 0 Å². The third-order valence-electron chi connectivity index (χ3n) is 3.96. The zero-order chi connectivity index (χ0) is 16.1. The van der Waals surface area contributed by atoms with Crippen LogP contribution in [-0.4, -0.2) is 41.8 Å². The van der Waals surface area contributed by atoms with Crippen LogP contribution >= 0.6 is 11.6 Å². The summed E-state index contributed by atoms with van der Waals surface area (Å²) in [7, 11) is 1.60. The number of pyridine rings is 1. The van der Waals surface area contributed by atoms with Crippen molar-refractivity contribution >= 4 is 17.4 Å². The molecule has 1 saturated heterocycles. The summed E-state index contributed by atoms with van der Waals surface area (Å²) in [6.07, 6.45) is 8.76. The van der Waals surface area contributed by atoms with Crippen molar-refractivity contribution in [3.8, 4) is 11.6 Å². The van der Waals surface area contributed by atoms with Crippen LogP contribution in [0.2, 0.25) is 5.02 Å². The van der Waals surface area contributed by atoms with Crippen molar-refractivity contribution in [3.05, 3.63) is 35.9 Å². The molecular weight excluding hydrogens is 316 g/mol. The van der Waals surface area contributed by atoms with Gasteiger partial charge in [0.05, 0.1) is 26.1 Å². The number of anilines is 1. The average Bonchev–Trinajstić information content (AvgIpc) is 2.61. The number of hydrogen-bond acceptors (Lipinski definition) is 6. The van der Waals surface area contributed by atoms with E-state index in [1.54, 1.807) is 38.0 Å². The molecule has 0 unspecified atom stereocenters. The predicted octanol–water partition coefficient (Wildman–Crippen LogP) is 2.83. The number of aromatic nitrogens is 3. The molecule has 0 radical (unpaired) electrons. The normalized spacial score (nSPS) is 15.5. The SMILES string of the molecule is COc1cncc(N2CCC(COc3ccncc3Cl)CC2)n1. The molecule has 7 heteroatoms. The molecule has 0 aromatic carbocycles. The third-order valence-corrected chi connectivity index (χ3v) is 4.24. The second kappa shape index (κ2) is 7.46.